The lowest BCUT2D eigenvalue weighted by atomic mass is 10.2. The maximum atomic E-state index is 12.5. The van der Waals surface area contributed by atoms with Gasteiger partial charge >= 0.3 is 5.97 Å². The van der Waals surface area contributed by atoms with E-state index < -0.39 is 16.0 Å². The van der Waals surface area contributed by atoms with E-state index in [2.05, 4.69) is 9.46 Å². The van der Waals surface area contributed by atoms with Crippen LogP contribution in [0.5, 0.6) is 0 Å². The van der Waals surface area contributed by atoms with E-state index >= 15 is 0 Å². The second kappa shape index (κ2) is 7.11. The maximum absolute atomic E-state index is 12.5. The van der Waals surface area contributed by atoms with Crippen LogP contribution < -0.4 is 4.72 Å². The lowest BCUT2D eigenvalue weighted by molar-refractivity contribution is -0.134. The maximum Gasteiger partial charge on any atom is 0.330 e. The number of esters is 1. The van der Waals surface area contributed by atoms with Crippen LogP contribution in [0, 0.1) is 6.92 Å². The molecule has 1 N–H and O–H groups in total. The van der Waals surface area contributed by atoms with Gasteiger partial charge in [0.15, 0.2) is 0 Å². The lowest BCUT2D eigenvalue weighted by Crippen LogP contribution is -2.13. The molecule has 120 valence electrons. The molecule has 0 aliphatic rings. The summed E-state index contributed by atoms with van der Waals surface area (Å²) in [5.41, 5.74) is 1.80. The SMILES string of the molecule is COC(=O)/C=C/c1ccccc1NS(=O)(=O)c1cccc(C)c1. The molecule has 0 amide bonds. The molecular weight excluding hydrogens is 314 g/mol. The van der Waals surface area contributed by atoms with Crippen LogP contribution in [0.2, 0.25) is 0 Å². The summed E-state index contributed by atoms with van der Waals surface area (Å²) in [7, 11) is -2.43. The number of hydrogen-bond acceptors (Lipinski definition) is 4. The summed E-state index contributed by atoms with van der Waals surface area (Å²) in [6.45, 7) is 1.83. The Labute approximate surface area is 135 Å². The Bertz CT molecular complexity index is 841. The molecule has 0 bridgehead atoms. The zero-order valence-electron chi connectivity index (χ0n) is 12.8. The molecule has 0 unspecified atom stereocenters. The Morgan fingerprint density at radius 1 is 1.13 bits per heavy atom. The van der Waals surface area contributed by atoms with Gasteiger partial charge in [-0.1, -0.05) is 30.3 Å². The monoisotopic (exact) mass is 331 g/mol. The van der Waals surface area contributed by atoms with Gasteiger partial charge in [0.2, 0.25) is 0 Å². The van der Waals surface area contributed by atoms with Gasteiger partial charge in [0.05, 0.1) is 17.7 Å². The van der Waals surface area contributed by atoms with Crippen molar-refractivity contribution in [2.75, 3.05) is 11.8 Å². The summed E-state index contributed by atoms with van der Waals surface area (Å²) < 4.78 is 32.0. The van der Waals surface area contributed by atoms with Gasteiger partial charge in [0.1, 0.15) is 0 Å². The molecule has 5 nitrogen and oxygen atoms in total. The fourth-order valence-electron chi connectivity index (χ4n) is 1.95. The number of carbonyl (C=O) groups is 1. The van der Waals surface area contributed by atoms with E-state index in [0.29, 0.717) is 11.3 Å². The Kier molecular flexibility index (Phi) is 5.18. The first-order valence-corrected chi connectivity index (χ1v) is 8.35. The third-order valence-electron chi connectivity index (χ3n) is 3.11. The molecule has 0 atom stereocenters. The van der Waals surface area contributed by atoms with Crippen LogP contribution >= 0.6 is 0 Å². The molecule has 0 aromatic heterocycles. The molecule has 0 aliphatic carbocycles. The Morgan fingerprint density at radius 3 is 2.57 bits per heavy atom. The number of anilines is 1. The van der Waals surface area contributed by atoms with Gasteiger partial charge < -0.3 is 4.74 Å². The summed E-state index contributed by atoms with van der Waals surface area (Å²) in [5, 5.41) is 0. The van der Waals surface area contributed by atoms with Gasteiger partial charge in [-0.25, -0.2) is 13.2 Å². The largest absolute Gasteiger partial charge is 0.466 e. The number of aryl methyl sites for hydroxylation is 1. The molecule has 0 spiro atoms. The van der Waals surface area contributed by atoms with Crippen molar-refractivity contribution in [3.63, 3.8) is 0 Å². The number of nitrogens with one attached hydrogen (secondary N) is 1. The first-order chi connectivity index (χ1) is 10.9. The number of para-hydroxylation sites is 1. The van der Waals surface area contributed by atoms with E-state index in [9.17, 15) is 13.2 Å². The van der Waals surface area contributed by atoms with Gasteiger partial charge in [-0.15, -0.1) is 0 Å². The summed E-state index contributed by atoms with van der Waals surface area (Å²) >= 11 is 0. The van der Waals surface area contributed by atoms with Crippen molar-refractivity contribution in [2.24, 2.45) is 0 Å². The summed E-state index contributed by atoms with van der Waals surface area (Å²) in [6, 6.07) is 13.4. The Balaban J connectivity index is 2.33. The normalized spacial score (nSPS) is 11.4. The van der Waals surface area contributed by atoms with Gasteiger partial charge in [-0.3, -0.25) is 4.72 Å². The van der Waals surface area contributed by atoms with E-state index in [4.69, 9.17) is 0 Å². The minimum atomic E-state index is -3.70. The zero-order valence-corrected chi connectivity index (χ0v) is 13.6. The van der Waals surface area contributed by atoms with Crippen molar-refractivity contribution < 1.29 is 17.9 Å². The summed E-state index contributed by atoms with van der Waals surface area (Å²) in [6.07, 6.45) is 2.74. The number of sulfonamides is 1. The van der Waals surface area contributed by atoms with Crippen LogP contribution in [-0.4, -0.2) is 21.5 Å². The fraction of sp³-hybridized carbons (Fsp3) is 0.118. The van der Waals surface area contributed by atoms with Crippen LogP contribution in [0.25, 0.3) is 6.08 Å². The predicted octanol–water partition coefficient (Wildman–Crippen LogP) is 2.98. The van der Waals surface area contributed by atoms with Crippen molar-refractivity contribution >= 4 is 27.8 Å². The van der Waals surface area contributed by atoms with Crippen molar-refractivity contribution in [3.8, 4) is 0 Å². The van der Waals surface area contributed by atoms with Crippen LogP contribution in [0.1, 0.15) is 11.1 Å². The van der Waals surface area contributed by atoms with E-state index in [-0.39, 0.29) is 4.90 Å². The highest BCUT2D eigenvalue weighted by Gasteiger charge is 2.15. The Morgan fingerprint density at radius 2 is 1.87 bits per heavy atom. The predicted molar refractivity (Wildman–Crippen MR) is 89.5 cm³/mol. The molecule has 0 saturated heterocycles. The molecule has 0 saturated carbocycles. The molecule has 23 heavy (non-hydrogen) atoms. The molecule has 2 rings (SSSR count). The number of hydrogen-bond donors (Lipinski definition) is 1. The van der Waals surface area contributed by atoms with E-state index in [0.717, 1.165) is 5.56 Å². The van der Waals surface area contributed by atoms with E-state index in [1.54, 1.807) is 36.4 Å². The first-order valence-electron chi connectivity index (χ1n) is 6.87. The second-order valence-electron chi connectivity index (χ2n) is 4.87. The van der Waals surface area contributed by atoms with Crippen molar-refractivity contribution in [2.45, 2.75) is 11.8 Å². The number of methoxy groups -OCH3 is 1. The highest BCUT2D eigenvalue weighted by molar-refractivity contribution is 7.92. The van der Waals surface area contributed by atoms with Crippen LogP contribution in [-0.2, 0) is 19.6 Å². The quantitative estimate of drug-likeness (QED) is 0.675. The van der Waals surface area contributed by atoms with Gasteiger partial charge in [-0.05, 0) is 42.3 Å². The molecule has 6 heteroatoms. The smallest absolute Gasteiger partial charge is 0.330 e. The average Bonchev–Trinajstić information content (AvgIpc) is 2.53. The van der Waals surface area contributed by atoms with Crippen LogP contribution in [0.15, 0.2) is 59.5 Å². The second-order valence-corrected chi connectivity index (χ2v) is 6.55. The fourth-order valence-corrected chi connectivity index (χ4v) is 3.14. The highest BCUT2D eigenvalue weighted by atomic mass is 32.2. The molecule has 2 aromatic rings. The highest BCUT2D eigenvalue weighted by Crippen LogP contribution is 2.21. The molecule has 0 radical (unpaired) electrons. The first kappa shape index (κ1) is 16.8. The number of benzene rings is 2. The minimum Gasteiger partial charge on any atom is -0.466 e. The average molecular weight is 331 g/mol. The van der Waals surface area contributed by atoms with Gasteiger partial charge in [0.25, 0.3) is 10.0 Å². The van der Waals surface area contributed by atoms with E-state index in [1.807, 2.05) is 13.0 Å². The molecular formula is C17H17NO4S. The summed E-state index contributed by atoms with van der Waals surface area (Å²) in [4.78, 5) is 11.4. The molecule has 0 heterocycles. The summed E-state index contributed by atoms with van der Waals surface area (Å²) in [5.74, 6) is -0.513. The zero-order chi connectivity index (χ0) is 16.9. The van der Waals surface area contributed by atoms with E-state index in [1.165, 1.54) is 25.3 Å². The number of carbonyl (C=O) groups excluding carboxylic acids is 1. The van der Waals surface area contributed by atoms with Crippen molar-refractivity contribution in [1.82, 2.24) is 0 Å². The van der Waals surface area contributed by atoms with Gasteiger partial charge in [0, 0.05) is 6.08 Å². The third kappa shape index (κ3) is 4.43. The van der Waals surface area contributed by atoms with Crippen molar-refractivity contribution in [3.05, 3.63) is 65.7 Å². The molecule has 2 aromatic carbocycles. The topological polar surface area (TPSA) is 72.5 Å². The third-order valence-corrected chi connectivity index (χ3v) is 4.47. The van der Waals surface area contributed by atoms with Crippen LogP contribution in [0.3, 0.4) is 0 Å². The van der Waals surface area contributed by atoms with Crippen LogP contribution in [0.4, 0.5) is 5.69 Å². The molecule has 0 aliphatic heterocycles. The number of ether oxygens (including phenoxy) is 1. The van der Waals surface area contributed by atoms with Gasteiger partial charge in [-0.2, -0.15) is 0 Å². The Hall–Kier alpha value is -2.60. The number of rotatable bonds is 5. The minimum absolute atomic E-state index is 0.184. The molecule has 0 fully saturated rings. The van der Waals surface area contributed by atoms with Crippen molar-refractivity contribution in [1.29, 1.82) is 0 Å². The standard InChI is InChI=1S/C17H17NO4S/c1-13-6-5-8-15(12-13)23(20,21)18-16-9-4-3-7-14(16)10-11-17(19)22-2/h3-12,18H,1-2H3/b11-10+. The lowest BCUT2D eigenvalue weighted by Gasteiger charge is -2.11.